The summed E-state index contributed by atoms with van der Waals surface area (Å²) in [6.07, 6.45) is 2.62. The molecule has 1 N–H and O–H groups in total. The third kappa shape index (κ3) is 3.77. The Kier molecular flexibility index (Phi) is 5.04. The number of nitrogens with one attached hydrogen (secondary N) is 1. The van der Waals surface area contributed by atoms with Crippen molar-refractivity contribution >= 4 is 27.3 Å². The topological polar surface area (TPSA) is 90.4 Å². The van der Waals surface area contributed by atoms with Crippen LogP contribution < -0.4 is 14.2 Å². The molecule has 7 nitrogen and oxygen atoms in total. The predicted octanol–water partition coefficient (Wildman–Crippen LogP) is 2.34. The van der Waals surface area contributed by atoms with Crippen LogP contribution in [-0.2, 0) is 10.0 Å². The minimum atomic E-state index is -3.88. The quantitative estimate of drug-likeness (QED) is 0.865. The Morgan fingerprint density at radius 1 is 1.27 bits per heavy atom. The van der Waals surface area contributed by atoms with Crippen LogP contribution in [0.3, 0.4) is 0 Å². The zero-order valence-electron chi connectivity index (χ0n) is 11.9. The number of methoxy groups -OCH3 is 1. The standard InChI is InChI=1S/C13H14ClN3O4S/c1-3-21-13-15-7-10(8-16-13)17-22(18,19)12-6-9(14)4-5-11(12)20-2/h4-8,17H,3H2,1-2H3. The maximum absolute atomic E-state index is 12.4. The first-order valence-corrected chi connectivity index (χ1v) is 8.13. The van der Waals surface area contributed by atoms with Gasteiger partial charge in [-0.2, -0.15) is 0 Å². The van der Waals surface area contributed by atoms with E-state index in [0.717, 1.165) is 0 Å². The Hall–Kier alpha value is -2.06. The molecule has 0 amide bonds. The van der Waals surface area contributed by atoms with Gasteiger partial charge in [-0.1, -0.05) is 11.6 Å². The second kappa shape index (κ2) is 6.80. The van der Waals surface area contributed by atoms with Crippen molar-refractivity contribution in [2.45, 2.75) is 11.8 Å². The predicted molar refractivity (Wildman–Crippen MR) is 82.0 cm³/mol. The number of hydrogen-bond acceptors (Lipinski definition) is 6. The fourth-order valence-electron chi connectivity index (χ4n) is 1.64. The van der Waals surface area contributed by atoms with Crippen molar-refractivity contribution in [3.63, 3.8) is 0 Å². The summed E-state index contributed by atoms with van der Waals surface area (Å²) in [5.74, 6) is 0.184. The summed E-state index contributed by atoms with van der Waals surface area (Å²) in [5.41, 5.74) is 0.200. The highest BCUT2D eigenvalue weighted by Gasteiger charge is 2.20. The number of ether oxygens (including phenoxy) is 2. The maximum Gasteiger partial charge on any atom is 0.316 e. The first kappa shape index (κ1) is 16.3. The lowest BCUT2D eigenvalue weighted by atomic mass is 10.3. The van der Waals surface area contributed by atoms with E-state index in [1.54, 1.807) is 13.0 Å². The lowest BCUT2D eigenvalue weighted by molar-refractivity contribution is 0.312. The molecule has 0 atom stereocenters. The molecule has 0 bridgehead atoms. The van der Waals surface area contributed by atoms with Crippen molar-refractivity contribution in [2.24, 2.45) is 0 Å². The number of nitrogens with zero attached hydrogens (tertiary/aromatic N) is 2. The molecule has 1 heterocycles. The van der Waals surface area contributed by atoms with Gasteiger partial charge in [0.15, 0.2) is 0 Å². The van der Waals surface area contributed by atoms with Crippen LogP contribution in [0.15, 0.2) is 35.5 Å². The number of sulfonamides is 1. The molecule has 1 aromatic carbocycles. The van der Waals surface area contributed by atoms with Crippen LogP contribution in [0.1, 0.15) is 6.92 Å². The third-order valence-electron chi connectivity index (χ3n) is 2.57. The van der Waals surface area contributed by atoms with Gasteiger partial charge >= 0.3 is 6.01 Å². The van der Waals surface area contributed by atoms with Crippen LogP contribution in [-0.4, -0.2) is 32.1 Å². The summed E-state index contributed by atoms with van der Waals surface area (Å²) in [5, 5.41) is 0.282. The number of rotatable bonds is 6. The first-order valence-electron chi connectivity index (χ1n) is 6.27. The van der Waals surface area contributed by atoms with E-state index >= 15 is 0 Å². The highest BCUT2D eigenvalue weighted by molar-refractivity contribution is 7.92. The fourth-order valence-corrected chi connectivity index (χ4v) is 3.10. The van der Waals surface area contributed by atoms with Gasteiger partial charge in [-0.15, -0.1) is 0 Å². The Bertz CT molecular complexity index is 750. The molecule has 0 saturated heterocycles. The van der Waals surface area contributed by atoms with Gasteiger partial charge in [0.25, 0.3) is 10.0 Å². The van der Waals surface area contributed by atoms with Crippen LogP contribution in [0.2, 0.25) is 5.02 Å². The van der Waals surface area contributed by atoms with Crippen LogP contribution in [0.5, 0.6) is 11.8 Å². The van der Waals surface area contributed by atoms with Gasteiger partial charge in [0.1, 0.15) is 10.6 Å². The zero-order valence-corrected chi connectivity index (χ0v) is 13.5. The van der Waals surface area contributed by atoms with Crippen LogP contribution in [0, 0.1) is 0 Å². The summed E-state index contributed by atoms with van der Waals surface area (Å²) in [4.78, 5) is 7.70. The minimum Gasteiger partial charge on any atom is -0.495 e. The SMILES string of the molecule is CCOc1ncc(NS(=O)(=O)c2cc(Cl)ccc2OC)cn1. The molecule has 9 heteroatoms. The molecular weight excluding hydrogens is 330 g/mol. The molecule has 0 fully saturated rings. The molecule has 22 heavy (non-hydrogen) atoms. The van der Waals surface area contributed by atoms with Gasteiger partial charge in [0.2, 0.25) is 0 Å². The second-order valence-electron chi connectivity index (χ2n) is 4.09. The van der Waals surface area contributed by atoms with Gasteiger partial charge in [0, 0.05) is 5.02 Å². The van der Waals surface area contributed by atoms with Crippen molar-refractivity contribution in [2.75, 3.05) is 18.4 Å². The molecule has 0 radical (unpaired) electrons. The summed E-state index contributed by atoms with van der Waals surface area (Å²) in [6, 6.07) is 4.49. The Morgan fingerprint density at radius 3 is 2.55 bits per heavy atom. The number of halogens is 1. The average molecular weight is 344 g/mol. The Morgan fingerprint density at radius 2 is 1.95 bits per heavy atom. The summed E-state index contributed by atoms with van der Waals surface area (Å²) >= 11 is 5.85. The Balaban J connectivity index is 2.29. The molecule has 0 spiro atoms. The molecule has 0 aliphatic rings. The number of aromatic nitrogens is 2. The van der Waals surface area contributed by atoms with Crippen LogP contribution in [0.4, 0.5) is 5.69 Å². The van der Waals surface area contributed by atoms with Crippen molar-refractivity contribution in [1.29, 1.82) is 0 Å². The maximum atomic E-state index is 12.4. The van der Waals surface area contributed by atoms with Crippen LogP contribution in [0.25, 0.3) is 0 Å². The zero-order chi connectivity index (χ0) is 16.2. The van der Waals surface area contributed by atoms with Crippen molar-refractivity contribution < 1.29 is 17.9 Å². The number of benzene rings is 1. The van der Waals surface area contributed by atoms with Gasteiger partial charge < -0.3 is 9.47 Å². The highest BCUT2D eigenvalue weighted by atomic mass is 35.5. The normalized spacial score (nSPS) is 11.0. The monoisotopic (exact) mass is 343 g/mol. The minimum absolute atomic E-state index is 0.0728. The van der Waals surface area contributed by atoms with Crippen molar-refractivity contribution in [3.8, 4) is 11.8 Å². The lowest BCUT2D eigenvalue weighted by Crippen LogP contribution is -2.14. The molecule has 2 aromatic rings. The molecule has 118 valence electrons. The van der Waals surface area contributed by atoms with E-state index in [-0.39, 0.29) is 27.4 Å². The van der Waals surface area contributed by atoms with E-state index in [2.05, 4.69) is 14.7 Å². The average Bonchev–Trinajstić information content (AvgIpc) is 2.49. The molecule has 1 aromatic heterocycles. The fraction of sp³-hybridized carbons (Fsp3) is 0.231. The molecular formula is C13H14ClN3O4S. The molecule has 0 saturated carbocycles. The summed E-state index contributed by atoms with van der Waals surface area (Å²) < 4.78 is 37.3. The molecule has 2 rings (SSSR count). The lowest BCUT2D eigenvalue weighted by Gasteiger charge is -2.11. The van der Waals surface area contributed by atoms with Crippen LogP contribution >= 0.6 is 11.6 Å². The van der Waals surface area contributed by atoms with Gasteiger partial charge in [-0.05, 0) is 25.1 Å². The van der Waals surface area contributed by atoms with Gasteiger partial charge in [-0.25, -0.2) is 18.4 Å². The van der Waals surface area contributed by atoms with E-state index in [0.29, 0.717) is 6.61 Å². The smallest absolute Gasteiger partial charge is 0.316 e. The van der Waals surface area contributed by atoms with Crippen molar-refractivity contribution in [3.05, 3.63) is 35.6 Å². The van der Waals surface area contributed by atoms with E-state index in [9.17, 15) is 8.42 Å². The van der Waals surface area contributed by atoms with E-state index in [1.807, 2.05) is 0 Å². The first-order chi connectivity index (χ1) is 10.5. The number of anilines is 1. The van der Waals surface area contributed by atoms with E-state index in [4.69, 9.17) is 21.1 Å². The summed E-state index contributed by atoms with van der Waals surface area (Å²) in [7, 11) is -2.51. The Labute approximate surface area is 133 Å². The largest absolute Gasteiger partial charge is 0.495 e. The third-order valence-corrected chi connectivity index (χ3v) is 4.21. The van der Waals surface area contributed by atoms with Crippen molar-refractivity contribution in [1.82, 2.24) is 9.97 Å². The molecule has 0 aliphatic carbocycles. The van der Waals surface area contributed by atoms with Gasteiger partial charge in [0.05, 0.1) is 31.8 Å². The van der Waals surface area contributed by atoms with E-state index in [1.165, 1.54) is 31.6 Å². The molecule has 0 aliphatic heterocycles. The van der Waals surface area contributed by atoms with E-state index < -0.39 is 10.0 Å². The molecule has 0 unspecified atom stereocenters. The highest BCUT2D eigenvalue weighted by Crippen LogP contribution is 2.28. The number of hydrogen-bond donors (Lipinski definition) is 1. The second-order valence-corrected chi connectivity index (χ2v) is 6.18. The summed E-state index contributed by atoms with van der Waals surface area (Å²) in [6.45, 7) is 2.22. The van der Waals surface area contributed by atoms with Gasteiger partial charge in [-0.3, -0.25) is 4.72 Å².